The quantitative estimate of drug-likeness (QED) is 0.305. The van der Waals surface area contributed by atoms with Gasteiger partial charge in [-0.05, 0) is 46.1 Å². The average molecular weight is 536 g/mol. The zero-order valence-corrected chi connectivity index (χ0v) is 22.2. The van der Waals surface area contributed by atoms with E-state index in [0.29, 0.717) is 30.1 Å². The number of aromatic nitrogens is 2. The van der Waals surface area contributed by atoms with Gasteiger partial charge in [0.25, 0.3) is 11.6 Å². The molecular weight excluding hydrogens is 506 g/mol. The molecule has 0 fully saturated rings. The number of carbonyl (C=O) groups excluding carboxylic acids is 2. The van der Waals surface area contributed by atoms with Crippen molar-refractivity contribution in [1.82, 2.24) is 14.9 Å². The fourth-order valence-corrected chi connectivity index (χ4v) is 3.86. The van der Waals surface area contributed by atoms with Gasteiger partial charge in [0.1, 0.15) is 5.75 Å². The van der Waals surface area contributed by atoms with Crippen molar-refractivity contribution in [3.05, 3.63) is 58.8 Å². The minimum atomic E-state index is -1.26. The van der Waals surface area contributed by atoms with Crippen LogP contribution in [-0.4, -0.2) is 65.0 Å². The van der Waals surface area contributed by atoms with Crippen LogP contribution in [0.3, 0.4) is 0 Å². The second-order valence-corrected chi connectivity index (χ2v) is 9.55. The Hall–Kier alpha value is -4.78. The largest absolute Gasteiger partial charge is 0.494 e. The highest BCUT2D eigenvalue weighted by molar-refractivity contribution is 6.07. The molecule has 13 nitrogen and oxygen atoms in total. The Morgan fingerprint density at radius 3 is 2.69 bits per heavy atom. The molecule has 0 radical (unpaired) electrons. The van der Waals surface area contributed by atoms with Gasteiger partial charge in [0.05, 0.1) is 29.6 Å². The third-order valence-corrected chi connectivity index (χ3v) is 5.85. The van der Waals surface area contributed by atoms with E-state index in [1.165, 1.54) is 36.4 Å². The monoisotopic (exact) mass is 535 g/mol. The van der Waals surface area contributed by atoms with Crippen LogP contribution in [-0.2, 0) is 9.59 Å². The van der Waals surface area contributed by atoms with Crippen LogP contribution in [0.15, 0.2) is 48.7 Å². The molecule has 0 saturated heterocycles. The lowest BCUT2D eigenvalue weighted by molar-refractivity contribution is -0.384. The standard InChI is InChI=1S/C26H29N7O6/c1-26(2)24(35)32(17-7-6-8-18(14-17)33(36)37)23-21(39-26)15-27-25(30-23)29-19-10-9-16(13-20(19)38-5)28-22(34)11-12-31(3)4/h6-10,13-15H,11-12H2,1-5H3,(H,28,34)(H,27,29,30). The summed E-state index contributed by atoms with van der Waals surface area (Å²) < 4.78 is 11.3. The first-order chi connectivity index (χ1) is 18.5. The van der Waals surface area contributed by atoms with Gasteiger partial charge in [-0.15, -0.1) is 0 Å². The maximum Gasteiger partial charge on any atom is 0.276 e. The first-order valence-electron chi connectivity index (χ1n) is 12.0. The lowest BCUT2D eigenvalue weighted by Crippen LogP contribution is -2.51. The van der Waals surface area contributed by atoms with Crippen molar-refractivity contribution >= 4 is 46.3 Å². The zero-order valence-electron chi connectivity index (χ0n) is 22.2. The third kappa shape index (κ3) is 6.04. The second kappa shape index (κ2) is 10.9. The number of hydrogen-bond acceptors (Lipinski definition) is 10. The number of nitrogens with zero attached hydrogens (tertiary/aromatic N) is 5. The number of carbonyl (C=O) groups is 2. The number of nitrogens with one attached hydrogen (secondary N) is 2. The molecule has 0 aliphatic carbocycles. The summed E-state index contributed by atoms with van der Waals surface area (Å²) in [7, 11) is 5.28. The topological polar surface area (TPSA) is 152 Å². The van der Waals surface area contributed by atoms with E-state index in [1.54, 1.807) is 38.1 Å². The Balaban J connectivity index is 1.64. The molecule has 204 valence electrons. The van der Waals surface area contributed by atoms with Crippen LogP contribution in [0.1, 0.15) is 20.3 Å². The van der Waals surface area contributed by atoms with Crippen molar-refractivity contribution in [3.63, 3.8) is 0 Å². The van der Waals surface area contributed by atoms with Crippen LogP contribution < -0.4 is 25.0 Å². The Morgan fingerprint density at radius 1 is 1.23 bits per heavy atom. The number of hydrogen-bond donors (Lipinski definition) is 2. The molecule has 0 bridgehead atoms. The number of methoxy groups -OCH3 is 1. The first-order valence-corrected chi connectivity index (χ1v) is 12.0. The fourth-order valence-electron chi connectivity index (χ4n) is 3.86. The molecule has 39 heavy (non-hydrogen) atoms. The van der Waals surface area contributed by atoms with E-state index in [2.05, 4.69) is 20.6 Å². The van der Waals surface area contributed by atoms with Crippen LogP contribution in [0.5, 0.6) is 11.5 Å². The van der Waals surface area contributed by atoms with Crippen LogP contribution in [0.25, 0.3) is 0 Å². The number of nitro benzene ring substituents is 1. The number of amides is 2. The summed E-state index contributed by atoms with van der Waals surface area (Å²) in [4.78, 5) is 48.4. The van der Waals surface area contributed by atoms with Gasteiger partial charge in [0, 0.05) is 36.9 Å². The highest BCUT2D eigenvalue weighted by atomic mass is 16.6. The van der Waals surface area contributed by atoms with Crippen molar-refractivity contribution in [2.75, 3.05) is 43.3 Å². The molecule has 0 atom stereocenters. The lowest BCUT2D eigenvalue weighted by atomic mass is 10.0. The molecule has 1 aliphatic rings. The molecule has 2 N–H and O–H groups in total. The van der Waals surface area contributed by atoms with Gasteiger partial charge in [0.2, 0.25) is 11.9 Å². The second-order valence-electron chi connectivity index (χ2n) is 9.55. The fraction of sp³-hybridized carbons (Fsp3) is 0.308. The van der Waals surface area contributed by atoms with E-state index in [0.717, 1.165) is 0 Å². The van der Waals surface area contributed by atoms with Crippen LogP contribution in [0.2, 0.25) is 0 Å². The van der Waals surface area contributed by atoms with Crippen LogP contribution in [0.4, 0.5) is 34.5 Å². The zero-order chi connectivity index (χ0) is 28.3. The molecule has 2 aromatic carbocycles. The highest BCUT2D eigenvalue weighted by Gasteiger charge is 2.43. The van der Waals surface area contributed by atoms with Gasteiger partial charge in [-0.2, -0.15) is 4.98 Å². The summed E-state index contributed by atoms with van der Waals surface area (Å²) in [5, 5.41) is 17.3. The summed E-state index contributed by atoms with van der Waals surface area (Å²) in [5.74, 6) is 0.331. The molecule has 0 saturated carbocycles. The number of anilines is 5. The minimum Gasteiger partial charge on any atom is -0.494 e. The highest BCUT2D eigenvalue weighted by Crippen LogP contribution is 2.42. The number of nitro groups is 1. The molecular formula is C26H29N7O6. The third-order valence-electron chi connectivity index (χ3n) is 5.85. The maximum absolute atomic E-state index is 13.4. The van der Waals surface area contributed by atoms with E-state index < -0.39 is 16.4 Å². The maximum atomic E-state index is 13.4. The van der Waals surface area contributed by atoms with Crippen molar-refractivity contribution < 1.29 is 24.0 Å². The number of ether oxygens (including phenoxy) is 2. The molecule has 13 heteroatoms. The van der Waals surface area contributed by atoms with Gasteiger partial charge in [-0.25, -0.2) is 4.98 Å². The van der Waals surface area contributed by atoms with Crippen molar-refractivity contribution in [3.8, 4) is 11.5 Å². The normalized spacial score (nSPS) is 13.9. The molecule has 1 aromatic heterocycles. The molecule has 1 aliphatic heterocycles. The Labute approximate surface area is 224 Å². The summed E-state index contributed by atoms with van der Waals surface area (Å²) in [6.45, 7) is 3.82. The average Bonchev–Trinajstić information content (AvgIpc) is 2.89. The minimum absolute atomic E-state index is 0.126. The van der Waals surface area contributed by atoms with E-state index in [-0.39, 0.29) is 34.8 Å². The first kappa shape index (κ1) is 27.3. The Morgan fingerprint density at radius 2 is 2.00 bits per heavy atom. The number of benzene rings is 2. The molecule has 0 unspecified atom stereocenters. The van der Waals surface area contributed by atoms with E-state index in [1.807, 2.05) is 19.0 Å². The van der Waals surface area contributed by atoms with Gasteiger partial charge in [-0.1, -0.05) is 6.07 Å². The summed E-state index contributed by atoms with van der Waals surface area (Å²) in [5.41, 5.74) is -0.0911. The lowest BCUT2D eigenvalue weighted by Gasteiger charge is -2.37. The van der Waals surface area contributed by atoms with Crippen molar-refractivity contribution in [2.24, 2.45) is 0 Å². The molecule has 0 spiro atoms. The number of fused-ring (bicyclic) bond motifs is 1. The van der Waals surface area contributed by atoms with Crippen LogP contribution in [0, 0.1) is 10.1 Å². The van der Waals surface area contributed by atoms with Gasteiger partial charge in [0.15, 0.2) is 17.2 Å². The summed E-state index contributed by atoms with van der Waals surface area (Å²) >= 11 is 0. The number of non-ortho nitro benzene ring substituents is 1. The van der Waals surface area contributed by atoms with E-state index >= 15 is 0 Å². The van der Waals surface area contributed by atoms with Gasteiger partial charge in [-0.3, -0.25) is 24.6 Å². The van der Waals surface area contributed by atoms with Crippen LogP contribution >= 0.6 is 0 Å². The predicted molar refractivity (Wildman–Crippen MR) is 145 cm³/mol. The number of rotatable bonds is 9. The summed E-state index contributed by atoms with van der Waals surface area (Å²) in [6, 6.07) is 10.8. The molecule has 2 heterocycles. The van der Waals surface area contributed by atoms with E-state index in [9.17, 15) is 19.7 Å². The predicted octanol–water partition coefficient (Wildman–Crippen LogP) is 3.86. The van der Waals surface area contributed by atoms with Gasteiger partial charge < -0.3 is 25.0 Å². The molecule has 4 rings (SSSR count). The van der Waals surface area contributed by atoms with Gasteiger partial charge >= 0.3 is 0 Å². The van der Waals surface area contributed by atoms with Crippen molar-refractivity contribution in [1.29, 1.82) is 0 Å². The van der Waals surface area contributed by atoms with Crippen molar-refractivity contribution in [2.45, 2.75) is 25.9 Å². The Kier molecular flexibility index (Phi) is 7.63. The Bertz CT molecular complexity index is 1430. The van der Waals surface area contributed by atoms with E-state index in [4.69, 9.17) is 9.47 Å². The SMILES string of the molecule is COc1cc(NC(=O)CCN(C)C)ccc1Nc1ncc2c(n1)N(c1cccc([N+](=O)[O-])c1)C(=O)C(C)(C)O2. The smallest absolute Gasteiger partial charge is 0.276 e. The molecule has 2 amide bonds. The molecule has 3 aromatic rings. The summed E-state index contributed by atoms with van der Waals surface area (Å²) in [6.07, 6.45) is 1.77.